The average Bonchev–Trinajstić information content (AvgIpc) is 2.73. The Kier molecular flexibility index (Phi) is 7.78. The minimum Gasteiger partial charge on any atom is -0.487 e. The molecule has 0 aliphatic rings. The second kappa shape index (κ2) is 10.5. The number of carbonyl (C=O) groups is 1. The van der Waals surface area contributed by atoms with Gasteiger partial charge in [0.25, 0.3) is 11.6 Å². The highest BCUT2D eigenvalue weighted by Crippen LogP contribution is 2.35. The van der Waals surface area contributed by atoms with Crippen molar-refractivity contribution in [1.29, 1.82) is 0 Å². The molecule has 0 unspecified atom stereocenters. The Morgan fingerprint density at radius 1 is 1.13 bits per heavy atom. The molecular formula is C21H14Br2ClN3O4. The van der Waals surface area contributed by atoms with Crippen LogP contribution in [0.2, 0.25) is 5.02 Å². The van der Waals surface area contributed by atoms with Gasteiger partial charge in [0.05, 0.1) is 20.1 Å². The molecule has 7 nitrogen and oxygen atoms in total. The Hall–Kier alpha value is -2.75. The second-order valence-electron chi connectivity index (χ2n) is 6.24. The molecule has 3 aromatic rings. The minimum absolute atomic E-state index is 0.00596. The van der Waals surface area contributed by atoms with E-state index >= 15 is 0 Å². The van der Waals surface area contributed by atoms with Crippen molar-refractivity contribution in [1.82, 2.24) is 5.43 Å². The maximum atomic E-state index is 12.1. The Morgan fingerprint density at radius 2 is 1.81 bits per heavy atom. The zero-order valence-electron chi connectivity index (χ0n) is 15.7. The van der Waals surface area contributed by atoms with Crippen molar-refractivity contribution >= 4 is 61.3 Å². The van der Waals surface area contributed by atoms with Gasteiger partial charge in [0.1, 0.15) is 12.4 Å². The number of rotatable bonds is 7. The van der Waals surface area contributed by atoms with E-state index in [0.29, 0.717) is 36.4 Å². The molecule has 3 rings (SSSR count). The summed E-state index contributed by atoms with van der Waals surface area (Å²) < 4.78 is 7.11. The molecule has 0 aliphatic carbocycles. The molecule has 0 heterocycles. The van der Waals surface area contributed by atoms with Gasteiger partial charge in [-0.2, -0.15) is 5.10 Å². The van der Waals surface area contributed by atoms with Gasteiger partial charge >= 0.3 is 0 Å². The lowest BCUT2D eigenvalue weighted by molar-refractivity contribution is -0.384. The molecule has 10 heteroatoms. The summed E-state index contributed by atoms with van der Waals surface area (Å²) in [5.74, 6) is 0.178. The van der Waals surface area contributed by atoms with Gasteiger partial charge in [-0.25, -0.2) is 5.43 Å². The van der Waals surface area contributed by atoms with Crippen LogP contribution in [0.3, 0.4) is 0 Å². The quantitative estimate of drug-likeness (QED) is 0.212. The van der Waals surface area contributed by atoms with Gasteiger partial charge in [-0.1, -0.05) is 23.7 Å². The number of hydrogen-bond donors (Lipinski definition) is 1. The molecule has 3 aromatic carbocycles. The van der Waals surface area contributed by atoms with Gasteiger partial charge < -0.3 is 4.74 Å². The molecule has 158 valence electrons. The SMILES string of the molecule is O=C(N/N=C\c1cc(Br)c(OCc2cccc([N+](=O)[O-])c2)c(Br)c1)c1ccc(Cl)cc1. The van der Waals surface area contributed by atoms with Gasteiger partial charge in [-0.05, 0) is 79.4 Å². The van der Waals surface area contributed by atoms with E-state index in [1.165, 1.54) is 18.3 Å². The van der Waals surface area contributed by atoms with Gasteiger partial charge in [-0.15, -0.1) is 0 Å². The zero-order valence-corrected chi connectivity index (χ0v) is 19.6. The van der Waals surface area contributed by atoms with Crippen molar-refractivity contribution in [3.8, 4) is 5.75 Å². The number of halogens is 3. The van der Waals surface area contributed by atoms with E-state index < -0.39 is 4.92 Å². The number of nitrogens with one attached hydrogen (secondary N) is 1. The summed E-state index contributed by atoms with van der Waals surface area (Å²) in [6, 6.07) is 16.2. The molecule has 0 fully saturated rings. The molecular weight excluding hydrogens is 554 g/mol. The zero-order chi connectivity index (χ0) is 22.4. The largest absolute Gasteiger partial charge is 0.487 e. The fraction of sp³-hybridized carbons (Fsp3) is 0.0476. The van der Waals surface area contributed by atoms with Crippen molar-refractivity contribution in [2.24, 2.45) is 5.10 Å². The fourth-order valence-electron chi connectivity index (χ4n) is 2.54. The molecule has 0 aliphatic heterocycles. The summed E-state index contributed by atoms with van der Waals surface area (Å²) >= 11 is 12.7. The third kappa shape index (κ3) is 6.36. The molecule has 0 atom stereocenters. The number of nitro benzene ring substituents is 1. The lowest BCUT2D eigenvalue weighted by Gasteiger charge is -2.11. The third-order valence-electron chi connectivity index (χ3n) is 4.01. The molecule has 0 saturated carbocycles. The molecule has 1 amide bonds. The number of hydrogen-bond acceptors (Lipinski definition) is 5. The van der Waals surface area contributed by atoms with Gasteiger partial charge in [0.2, 0.25) is 0 Å². The summed E-state index contributed by atoms with van der Waals surface area (Å²) in [5, 5.41) is 15.4. The van der Waals surface area contributed by atoms with Crippen LogP contribution in [0.5, 0.6) is 5.75 Å². The number of carbonyl (C=O) groups excluding carboxylic acids is 1. The van der Waals surface area contributed by atoms with Crippen LogP contribution < -0.4 is 10.2 Å². The maximum absolute atomic E-state index is 12.1. The van der Waals surface area contributed by atoms with E-state index in [9.17, 15) is 14.9 Å². The first-order chi connectivity index (χ1) is 14.8. The summed E-state index contributed by atoms with van der Waals surface area (Å²) in [7, 11) is 0. The summed E-state index contributed by atoms with van der Waals surface area (Å²) in [5.41, 5.74) is 4.27. The van der Waals surface area contributed by atoms with E-state index in [1.54, 1.807) is 48.5 Å². The lowest BCUT2D eigenvalue weighted by Crippen LogP contribution is -2.17. The van der Waals surface area contributed by atoms with Crippen LogP contribution >= 0.6 is 43.5 Å². The van der Waals surface area contributed by atoms with Crippen molar-refractivity contribution < 1.29 is 14.5 Å². The van der Waals surface area contributed by atoms with Crippen LogP contribution in [0.15, 0.2) is 74.7 Å². The molecule has 0 radical (unpaired) electrons. The number of amides is 1. The highest BCUT2D eigenvalue weighted by molar-refractivity contribution is 9.11. The highest BCUT2D eigenvalue weighted by atomic mass is 79.9. The van der Waals surface area contributed by atoms with Crippen LogP contribution in [-0.4, -0.2) is 17.0 Å². The number of non-ortho nitro benzene ring substituents is 1. The Labute approximate surface area is 199 Å². The highest BCUT2D eigenvalue weighted by Gasteiger charge is 2.11. The topological polar surface area (TPSA) is 93.8 Å². The van der Waals surface area contributed by atoms with Crippen molar-refractivity contribution in [3.05, 3.63) is 101 Å². The molecule has 0 aromatic heterocycles. The van der Waals surface area contributed by atoms with E-state index in [1.807, 2.05) is 0 Å². The smallest absolute Gasteiger partial charge is 0.271 e. The molecule has 0 spiro atoms. The first-order valence-corrected chi connectivity index (χ1v) is 10.7. The summed E-state index contributed by atoms with van der Waals surface area (Å²) in [6.45, 7) is 0.156. The van der Waals surface area contributed by atoms with Crippen LogP contribution in [0, 0.1) is 10.1 Å². The van der Waals surface area contributed by atoms with Gasteiger partial charge in [-0.3, -0.25) is 14.9 Å². The van der Waals surface area contributed by atoms with E-state index in [0.717, 1.165) is 0 Å². The predicted octanol–water partition coefficient (Wildman–Crippen LogP) is 6.12. The maximum Gasteiger partial charge on any atom is 0.271 e. The van der Waals surface area contributed by atoms with E-state index in [-0.39, 0.29) is 18.2 Å². The van der Waals surface area contributed by atoms with Crippen molar-refractivity contribution in [2.75, 3.05) is 0 Å². The fourth-order valence-corrected chi connectivity index (χ4v) is 4.12. The molecule has 31 heavy (non-hydrogen) atoms. The monoisotopic (exact) mass is 565 g/mol. The Morgan fingerprint density at radius 3 is 2.45 bits per heavy atom. The van der Waals surface area contributed by atoms with Crippen molar-refractivity contribution in [2.45, 2.75) is 6.61 Å². The number of nitrogens with zero attached hydrogens (tertiary/aromatic N) is 2. The summed E-state index contributed by atoms with van der Waals surface area (Å²) in [4.78, 5) is 22.5. The van der Waals surface area contributed by atoms with E-state index in [2.05, 4.69) is 42.4 Å². The second-order valence-corrected chi connectivity index (χ2v) is 8.38. The first-order valence-electron chi connectivity index (χ1n) is 8.77. The number of benzene rings is 3. The van der Waals surface area contributed by atoms with Crippen LogP contribution in [0.25, 0.3) is 0 Å². The minimum atomic E-state index is -0.449. The van der Waals surface area contributed by atoms with Gasteiger partial charge in [0, 0.05) is 22.7 Å². The molecule has 1 N–H and O–H groups in total. The first kappa shape index (κ1) is 22.9. The summed E-state index contributed by atoms with van der Waals surface area (Å²) in [6.07, 6.45) is 1.49. The van der Waals surface area contributed by atoms with Crippen LogP contribution in [0.4, 0.5) is 5.69 Å². The normalized spacial score (nSPS) is 10.8. The van der Waals surface area contributed by atoms with Gasteiger partial charge in [0.15, 0.2) is 0 Å². The lowest BCUT2D eigenvalue weighted by atomic mass is 10.2. The molecule has 0 saturated heterocycles. The molecule has 0 bridgehead atoms. The number of hydrazone groups is 1. The third-order valence-corrected chi connectivity index (χ3v) is 5.44. The predicted molar refractivity (Wildman–Crippen MR) is 126 cm³/mol. The number of ether oxygens (including phenoxy) is 1. The van der Waals surface area contributed by atoms with Crippen LogP contribution in [-0.2, 0) is 6.61 Å². The average molecular weight is 568 g/mol. The van der Waals surface area contributed by atoms with Crippen LogP contribution in [0.1, 0.15) is 21.5 Å². The Balaban J connectivity index is 1.65. The van der Waals surface area contributed by atoms with Crippen molar-refractivity contribution in [3.63, 3.8) is 0 Å². The number of nitro groups is 1. The van der Waals surface area contributed by atoms with E-state index in [4.69, 9.17) is 16.3 Å². The Bertz CT molecular complexity index is 1130. The standard InChI is InChI=1S/C21H14Br2ClN3O4/c22-18-9-14(11-25-26-21(28)15-4-6-16(24)7-5-15)10-19(23)20(18)31-12-13-2-1-3-17(8-13)27(29)30/h1-11H,12H2,(H,26,28)/b25-11-.